The molecule has 5 aromatic carbocycles. The first-order chi connectivity index (χ1) is 12.5. The highest BCUT2D eigenvalue weighted by molar-refractivity contribution is 7.86. The van der Waals surface area contributed by atoms with E-state index in [1.807, 2.05) is 30.3 Å². The second-order valence-corrected chi connectivity index (χ2v) is 7.94. The van der Waals surface area contributed by atoms with Crippen molar-refractivity contribution in [3.8, 4) is 0 Å². The molecule has 5 aromatic rings. The zero-order valence-corrected chi connectivity index (χ0v) is 15.2. The summed E-state index contributed by atoms with van der Waals surface area (Å²) in [5, 5.41) is 7.88. The summed E-state index contributed by atoms with van der Waals surface area (Å²) in [7, 11) is -4.27. The van der Waals surface area contributed by atoms with E-state index in [0.717, 1.165) is 26.9 Å². The van der Waals surface area contributed by atoms with Gasteiger partial charge in [0.2, 0.25) is 0 Å². The number of rotatable bonds is 1. The molecule has 5 rings (SSSR count). The Balaban J connectivity index is 0.00000180. The highest BCUT2D eigenvalue weighted by Crippen LogP contribution is 2.32. The first kappa shape index (κ1) is 17.4. The van der Waals surface area contributed by atoms with Crippen molar-refractivity contribution in [3.05, 3.63) is 78.9 Å². The minimum Gasteiger partial charge on any atom is -0.344 e. The lowest BCUT2D eigenvalue weighted by molar-refractivity contribution is 0.484. The van der Waals surface area contributed by atoms with E-state index < -0.39 is 10.1 Å². The minimum absolute atomic E-state index is 0. The van der Waals surface area contributed by atoms with E-state index in [4.69, 9.17) is 0 Å². The van der Waals surface area contributed by atoms with Crippen LogP contribution in [0.5, 0.6) is 0 Å². The zero-order chi connectivity index (χ0) is 17.9. The molecule has 0 aliphatic carbocycles. The minimum atomic E-state index is -4.27. The van der Waals surface area contributed by atoms with Gasteiger partial charge in [0.1, 0.15) is 4.90 Å². The van der Waals surface area contributed by atoms with E-state index in [2.05, 4.69) is 36.4 Å². The lowest BCUT2D eigenvalue weighted by Gasteiger charge is -2.09. The third-order valence-corrected chi connectivity index (χ3v) is 5.81. The van der Waals surface area contributed by atoms with Crippen molar-refractivity contribution < 1.29 is 13.0 Å². The first-order valence-corrected chi connectivity index (χ1v) is 9.70. The molecule has 27 heavy (non-hydrogen) atoms. The van der Waals surface area contributed by atoms with Crippen LogP contribution in [0.2, 0.25) is 0 Å². The molecule has 0 saturated carbocycles. The number of fused-ring (bicyclic) bond motifs is 4. The highest BCUT2D eigenvalue weighted by atomic mass is 32.2. The fourth-order valence-electron chi connectivity index (χ4n) is 3.67. The van der Waals surface area contributed by atoms with E-state index in [1.54, 1.807) is 6.07 Å². The standard InChI is InChI=1S/C22H14O3S.H3N/c23-26(24,25)22-7-3-6-16-10-19-11-17-8-14-4-1-2-5-15(14)9-18(17)12-20(19)13-21(16)22;/h1-13H,(H,23,24,25);1H3. The zero-order valence-electron chi connectivity index (χ0n) is 14.4. The average Bonchev–Trinajstić information content (AvgIpc) is 2.61. The van der Waals surface area contributed by atoms with Crippen molar-refractivity contribution in [1.82, 2.24) is 6.15 Å². The van der Waals surface area contributed by atoms with Crippen LogP contribution < -0.4 is 6.15 Å². The molecule has 0 amide bonds. The lowest BCUT2D eigenvalue weighted by Crippen LogP contribution is -1.98. The molecular weight excluding hydrogens is 358 g/mol. The molecule has 0 aromatic heterocycles. The Hall–Kier alpha value is -2.99. The largest absolute Gasteiger partial charge is 0.344 e. The Morgan fingerprint density at radius 2 is 1.00 bits per heavy atom. The molecule has 0 aliphatic rings. The van der Waals surface area contributed by atoms with Gasteiger partial charge in [-0.2, -0.15) is 8.42 Å². The van der Waals surface area contributed by atoms with E-state index in [-0.39, 0.29) is 11.0 Å². The maximum Gasteiger partial charge on any atom is 0.295 e. The molecular formula is C22H17NO3S. The molecule has 0 bridgehead atoms. The Kier molecular flexibility index (Phi) is 3.89. The molecule has 4 nitrogen and oxygen atoms in total. The topological polar surface area (TPSA) is 89.4 Å². The lowest BCUT2D eigenvalue weighted by atomic mass is 9.97. The van der Waals surface area contributed by atoms with Crippen LogP contribution in [0.3, 0.4) is 0 Å². The molecule has 5 heteroatoms. The summed E-state index contributed by atoms with van der Waals surface area (Å²) >= 11 is 0. The van der Waals surface area contributed by atoms with Gasteiger partial charge >= 0.3 is 0 Å². The maximum atomic E-state index is 11.7. The van der Waals surface area contributed by atoms with Gasteiger partial charge in [-0.3, -0.25) is 4.55 Å². The molecule has 0 heterocycles. The Morgan fingerprint density at radius 1 is 0.556 bits per heavy atom. The van der Waals surface area contributed by atoms with Crippen LogP contribution in [0, 0.1) is 0 Å². The maximum absolute atomic E-state index is 11.7. The van der Waals surface area contributed by atoms with Gasteiger partial charge in [-0.15, -0.1) is 0 Å². The van der Waals surface area contributed by atoms with Crippen LogP contribution in [0.25, 0.3) is 43.1 Å². The van der Waals surface area contributed by atoms with E-state index in [1.165, 1.54) is 16.8 Å². The Labute approximate surface area is 156 Å². The van der Waals surface area contributed by atoms with Crippen LogP contribution in [-0.2, 0) is 10.1 Å². The molecule has 0 unspecified atom stereocenters. The van der Waals surface area contributed by atoms with Gasteiger partial charge in [0.25, 0.3) is 10.1 Å². The van der Waals surface area contributed by atoms with E-state index in [9.17, 15) is 13.0 Å². The second kappa shape index (κ2) is 6.03. The Morgan fingerprint density at radius 3 is 1.56 bits per heavy atom. The van der Waals surface area contributed by atoms with Crippen molar-refractivity contribution in [3.63, 3.8) is 0 Å². The van der Waals surface area contributed by atoms with Gasteiger partial charge in [0, 0.05) is 5.39 Å². The summed E-state index contributed by atoms with van der Waals surface area (Å²) in [6.45, 7) is 0. The summed E-state index contributed by atoms with van der Waals surface area (Å²) in [4.78, 5) is -0.0597. The van der Waals surface area contributed by atoms with Gasteiger partial charge in [0.05, 0.1) is 0 Å². The Bertz CT molecular complexity index is 1460. The summed E-state index contributed by atoms with van der Waals surface area (Å²) in [5.74, 6) is 0. The molecule has 0 fully saturated rings. The molecule has 0 radical (unpaired) electrons. The summed E-state index contributed by atoms with van der Waals surface area (Å²) in [6.07, 6.45) is 0. The molecule has 0 atom stereocenters. The van der Waals surface area contributed by atoms with Crippen molar-refractivity contribution in [1.29, 1.82) is 0 Å². The fourth-order valence-corrected chi connectivity index (χ4v) is 4.37. The smallest absolute Gasteiger partial charge is 0.295 e. The number of hydrogen-bond donors (Lipinski definition) is 2. The predicted molar refractivity (Wildman–Crippen MR) is 111 cm³/mol. The predicted octanol–water partition coefficient (Wildman–Crippen LogP) is 5.71. The molecule has 4 N–H and O–H groups in total. The number of benzene rings is 5. The molecule has 0 saturated heterocycles. The highest BCUT2D eigenvalue weighted by Gasteiger charge is 2.14. The third-order valence-electron chi connectivity index (χ3n) is 4.90. The van der Waals surface area contributed by atoms with Crippen LogP contribution in [0.4, 0.5) is 0 Å². The van der Waals surface area contributed by atoms with Gasteiger partial charge in [-0.05, 0) is 80.2 Å². The normalized spacial score (nSPS) is 11.9. The molecule has 134 valence electrons. The fraction of sp³-hybridized carbons (Fsp3) is 0. The van der Waals surface area contributed by atoms with E-state index in [0.29, 0.717) is 5.39 Å². The van der Waals surface area contributed by atoms with Crippen LogP contribution in [-0.4, -0.2) is 13.0 Å². The van der Waals surface area contributed by atoms with Crippen molar-refractivity contribution in [2.24, 2.45) is 0 Å². The first-order valence-electron chi connectivity index (χ1n) is 8.26. The molecule has 0 spiro atoms. The van der Waals surface area contributed by atoms with Crippen LogP contribution >= 0.6 is 0 Å². The quantitative estimate of drug-likeness (QED) is 0.290. The SMILES string of the molecule is N.O=S(=O)(O)c1cccc2cc3cc4cc5ccccc5cc4cc3cc12. The van der Waals surface area contributed by atoms with Gasteiger partial charge in [-0.25, -0.2) is 0 Å². The molecule has 0 aliphatic heterocycles. The van der Waals surface area contributed by atoms with Crippen molar-refractivity contribution in [2.45, 2.75) is 4.90 Å². The summed E-state index contributed by atoms with van der Waals surface area (Å²) in [6, 6.07) is 25.4. The van der Waals surface area contributed by atoms with Crippen molar-refractivity contribution >= 4 is 53.2 Å². The van der Waals surface area contributed by atoms with Gasteiger partial charge < -0.3 is 6.15 Å². The summed E-state index contributed by atoms with van der Waals surface area (Å²) < 4.78 is 32.9. The monoisotopic (exact) mass is 375 g/mol. The van der Waals surface area contributed by atoms with E-state index >= 15 is 0 Å². The summed E-state index contributed by atoms with van der Waals surface area (Å²) in [5.41, 5.74) is 0. The van der Waals surface area contributed by atoms with Gasteiger partial charge in [-0.1, -0.05) is 36.4 Å². The van der Waals surface area contributed by atoms with Crippen LogP contribution in [0.1, 0.15) is 0 Å². The number of hydrogen-bond acceptors (Lipinski definition) is 3. The van der Waals surface area contributed by atoms with Gasteiger partial charge in [0.15, 0.2) is 0 Å². The van der Waals surface area contributed by atoms with Crippen molar-refractivity contribution in [2.75, 3.05) is 0 Å². The van der Waals surface area contributed by atoms with Crippen LogP contribution in [0.15, 0.2) is 83.8 Å². The second-order valence-electron chi connectivity index (χ2n) is 6.55. The average molecular weight is 375 g/mol. The third kappa shape index (κ3) is 2.82.